The minimum absolute atomic E-state index is 0.101. The van der Waals surface area contributed by atoms with Crippen molar-refractivity contribution in [2.24, 2.45) is 0 Å². The molecule has 4 nitrogen and oxygen atoms in total. The number of hydrogen-bond donors (Lipinski definition) is 0. The maximum Gasteiger partial charge on any atom is 0.573 e. The monoisotopic (exact) mass is 330 g/mol. The summed E-state index contributed by atoms with van der Waals surface area (Å²) in [7, 11) is 1.82. The van der Waals surface area contributed by atoms with Gasteiger partial charge in [-0.2, -0.15) is 0 Å². The summed E-state index contributed by atoms with van der Waals surface area (Å²) in [5, 5.41) is 0. The summed E-state index contributed by atoms with van der Waals surface area (Å²) in [5.74, 6) is -0.141. The second kappa shape index (κ2) is 7.68. The number of carbonyl (C=O) groups excluding carboxylic acids is 1. The number of rotatable bonds is 5. The van der Waals surface area contributed by atoms with Crippen LogP contribution in [0.2, 0.25) is 0 Å². The van der Waals surface area contributed by atoms with Crippen LogP contribution in [0.25, 0.3) is 0 Å². The molecule has 0 radical (unpaired) electrons. The fraction of sp³-hybridized carbons (Fsp3) is 0.562. The molecule has 1 aliphatic rings. The zero-order valence-corrected chi connectivity index (χ0v) is 13.1. The highest BCUT2D eigenvalue weighted by atomic mass is 19.4. The molecule has 2 rings (SSSR count). The molecule has 1 heterocycles. The fourth-order valence-electron chi connectivity index (χ4n) is 2.64. The van der Waals surface area contributed by atoms with Gasteiger partial charge >= 0.3 is 6.36 Å². The van der Waals surface area contributed by atoms with Gasteiger partial charge in [-0.05, 0) is 44.0 Å². The van der Waals surface area contributed by atoms with Crippen molar-refractivity contribution in [1.29, 1.82) is 0 Å². The normalized spacial score (nSPS) is 15.8. The smallest absolute Gasteiger partial charge is 0.406 e. The fourth-order valence-corrected chi connectivity index (χ4v) is 2.64. The zero-order valence-electron chi connectivity index (χ0n) is 13.1. The van der Waals surface area contributed by atoms with Gasteiger partial charge in [-0.25, -0.2) is 0 Å². The van der Waals surface area contributed by atoms with Crippen molar-refractivity contribution in [2.75, 3.05) is 26.7 Å². The molecule has 23 heavy (non-hydrogen) atoms. The summed E-state index contributed by atoms with van der Waals surface area (Å²) in [6.07, 6.45) is -1.41. The number of ether oxygens (including phenoxy) is 1. The molecule has 0 aromatic heterocycles. The summed E-state index contributed by atoms with van der Waals surface area (Å²) in [6.45, 7) is 2.43. The van der Waals surface area contributed by atoms with Crippen LogP contribution in [-0.4, -0.2) is 48.8 Å². The van der Waals surface area contributed by atoms with Crippen LogP contribution in [0, 0.1) is 0 Å². The van der Waals surface area contributed by atoms with Crippen molar-refractivity contribution >= 4 is 5.91 Å². The molecule has 0 atom stereocenters. The second-order valence-corrected chi connectivity index (χ2v) is 5.81. The summed E-state index contributed by atoms with van der Waals surface area (Å²) in [4.78, 5) is 15.9. The summed E-state index contributed by atoms with van der Waals surface area (Å²) >= 11 is 0. The molecule has 0 spiro atoms. The molecule has 0 N–H and O–H groups in total. The van der Waals surface area contributed by atoms with E-state index in [1.807, 2.05) is 16.8 Å². The Morgan fingerprint density at radius 3 is 2.35 bits per heavy atom. The van der Waals surface area contributed by atoms with Crippen LogP contribution in [-0.2, 0) is 11.3 Å². The predicted molar refractivity (Wildman–Crippen MR) is 79.9 cm³/mol. The lowest BCUT2D eigenvalue weighted by atomic mass is 10.1. The Hall–Kier alpha value is -1.76. The standard InChI is InChI=1S/C16H21F3N2O2/c1-20(12-15(22)21-9-3-2-4-10-21)11-13-5-7-14(8-6-13)23-16(17,18)19/h5-8H,2-4,9-12H2,1H3. The molecule has 0 bridgehead atoms. The molecular weight excluding hydrogens is 309 g/mol. The van der Waals surface area contributed by atoms with Gasteiger partial charge in [0.25, 0.3) is 0 Å². The molecule has 7 heteroatoms. The highest BCUT2D eigenvalue weighted by molar-refractivity contribution is 5.78. The lowest BCUT2D eigenvalue weighted by Crippen LogP contribution is -2.41. The number of nitrogens with zero attached hydrogens (tertiary/aromatic N) is 2. The van der Waals surface area contributed by atoms with Crippen molar-refractivity contribution < 1.29 is 22.7 Å². The van der Waals surface area contributed by atoms with E-state index in [0.717, 1.165) is 31.5 Å². The Balaban J connectivity index is 1.82. The molecule has 1 amide bonds. The number of amides is 1. The van der Waals surface area contributed by atoms with E-state index in [1.54, 1.807) is 12.1 Å². The summed E-state index contributed by atoms with van der Waals surface area (Å²) in [5.41, 5.74) is 0.827. The quantitative estimate of drug-likeness (QED) is 0.832. The number of benzene rings is 1. The van der Waals surface area contributed by atoms with E-state index in [0.29, 0.717) is 13.1 Å². The van der Waals surface area contributed by atoms with Gasteiger partial charge in [0.2, 0.25) is 5.91 Å². The third kappa shape index (κ3) is 6.09. The summed E-state index contributed by atoms with van der Waals surface area (Å²) < 4.78 is 40.1. The van der Waals surface area contributed by atoms with Crippen LogP contribution in [0.1, 0.15) is 24.8 Å². The van der Waals surface area contributed by atoms with E-state index < -0.39 is 6.36 Å². The van der Waals surface area contributed by atoms with E-state index >= 15 is 0 Å². The molecular formula is C16H21F3N2O2. The number of likely N-dealkylation sites (tertiary alicyclic amines) is 1. The lowest BCUT2D eigenvalue weighted by molar-refractivity contribution is -0.274. The first-order valence-electron chi connectivity index (χ1n) is 7.64. The largest absolute Gasteiger partial charge is 0.573 e. The van der Waals surface area contributed by atoms with Crippen LogP contribution in [0.15, 0.2) is 24.3 Å². The van der Waals surface area contributed by atoms with Gasteiger partial charge in [-0.3, -0.25) is 9.69 Å². The van der Waals surface area contributed by atoms with Crippen LogP contribution >= 0.6 is 0 Å². The Morgan fingerprint density at radius 2 is 1.78 bits per heavy atom. The molecule has 0 aliphatic carbocycles. The molecule has 1 fully saturated rings. The van der Waals surface area contributed by atoms with Crippen molar-refractivity contribution in [1.82, 2.24) is 9.80 Å². The van der Waals surface area contributed by atoms with Crippen LogP contribution < -0.4 is 4.74 Å². The Labute approximate surface area is 133 Å². The van der Waals surface area contributed by atoms with Crippen LogP contribution in [0.4, 0.5) is 13.2 Å². The molecule has 1 saturated heterocycles. The number of halogens is 3. The van der Waals surface area contributed by atoms with Crippen LogP contribution in [0.3, 0.4) is 0 Å². The Bertz CT molecular complexity index is 511. The minimum Gasteiger partial charge on any atom is -0.406 e. The molecule has 0 unspecified atom stereocenters. The van der Waals surface area contributed by atoms with Gasteiger partial charge in [-0.15, -0.1) is 13.2 Å². The molecule has 128 valence electrons. The van der Waals surface area contributed by atoms with E-state index in [1.165, 1.54) is 18.6 Å². The first-order chi connectivity index (χ1) is 10.8. The third-order valence-corrected chi connectivity index (χ3v) is 3.72. The number of likely N-dealkylation sites (N-methyl/N-ethyl adjacent to an activating group) is 1. The van der Waals surface area contributed by atoms with Gasteiger partial charge in [0.15, 0.2) is 0 Å². The molecule has 1 aliphatic heterocycles. The lowest BCUT2D eigenvalue weighted by Gasteiger charge is -2.28. The van der Waals surface area contributed by atoms with Crippen molar-refractivity contribution in [3.8, 4) is 5.75 Å². The molecule has 1 aromatic rings. The van der Waals surface area contributed by atoms with E-state index in [9.17, 15) is 18.0 Å². The topological polar surface area (TPSA) is 32.8 Å². The van der Waals surface area contributed by atoms with E-state index in [2.05, 4.69) is 4.74 Å². The maximum absolute atomic E-state index is 12.1. The Morgan fingerprint density at radius 1 is 1.17 bits per heavy atom. The first kappa shape index (κ1) is 17.6. The predicted octanol–water partition coefficient (Wildman–Crippen LogP) is 3.03. The van der Waals surface area contributed by atoms with Gasteiger partial charge in [-0.1, -0.05) is 12.1 Å². The van der Waals surface area contributed by atoms with Gasteiger partial charge < -0.3 is 9.64 Å². The third-order valence-electron chi connectivity index (χ3n) is 3.72. The SMILES string of the molecule is CN(CC(=O)N1CCCCC1)Cc1ccc(OC(F)(F)F)cc1. The van der Waals surface area contributed by atoms with Crippen LogP contribution in [0.5, 0.6) is 5.75 Å². The number of carbonyl (C=O) groups is 1. The molecule has 0 saturated carbocycles. The second-order valence-electron chi connectivity index (χ2n) is 5.81. The average Bonchev–Trinajstić information content (AvgIpc) is 2.48. The van der Waals surface area contributed by atoms with E-state index in [4.69, 9.17) is 0 Å². The zero-order chi connectivity index (χ0) is 16.9. The number of hydrogen-bond acceptors (Lipinski definition) is 3. The van der Waals surface area contributed by atoms with Gasteiger partial charge in [0.05, 0.1) is 6.54 Å². The van der Waals surface area contributed by atoms with Gasteiger partial charge in [0.1, 0.15) is 5.75 Å². The maximum atomic E-state index is 12.1. The average molecular weight is 330 g/mol. The van der Waals surface area contributed by atoms with Gasteiger partial charge in [0, 0.05) is 19.6 Å². The van der Waals surface area contributed by atoms with Crippen molar-refractivity contribution in [2.45, 2.75) is 32.2 Å². The van der Waals surface area contributed by atoms with Crippen molar-refractivity contribution in [3.63, 3.8) is 0 Å². The highest BCUT2D eigenvalue weighted by Crippen LogP contribution is 2.23. The van der Waals surface area contributed by atoms with E-state index in [-0.39, 0.29) is 11.7 Å². The first-order valence-corrected chi connectivity index (χ1v) is 7.64. The number of alkyl halides is 3. The highest BCUT2D eigenvalue weighted by Gasteiger charge is 2.30. The number of piperidine rings is 1. The summed E-state index contributed by atoms with van der Waals surface area (Å²) in [6, 6.07) is 5.71. The molecule has 1 aromatic carbocycles. The Kier molecular flexibility index (Phi) is 5.87. The van der Waals surface area contributed by atoms with Crippen molar-refractivity contribution in [3.05, 3.63) is 29.8 Å². The minimum atomic E-state index is -4.68.